The summed E-state index contributed by atoms with van der Waals surface area (Å²) in [5.41, 5.74) is -2.05. The molecule has 4 atom stereocenters. The van der Waals surface area contributed by atoms with Gasteiger partial charge < -0.3 is 20.3 Å². The van der Waals surface area contributed by atoms with Crippen molar-refractivity contribution in [3.05, 3.63) is 63.4 Å². The third-order valence-corrected chi connectivity index (χ3v) is 7.99. The van der Waals surface area contributed by atoms with Crippen LogP contribution in [0.3, 0.4) is 0 Å². The lowest BCUT2D eigenvalue weighted by atomic mass is 9.69. The molecule has 3 aliphatic rings. The number of carbonyl (C=O) groups is 5. The van der Waals surface area contributed by atoms with Gasteiger partial charge in [-0.3, -0.25) is 24.0 Å². The molecule has 0 radical (unpaired) electrons. The molecule has 9 nitrogen and oxygen atoms in total. The Balaban J connectivity index is 2.02. The van der Waals surface area contributed by atoms with Crippen molar-refractivity contribution in [1.82, 2.24) is 5.32 Å². The molecule has 0 saturated heterocycles. The minimum Gasteiger partial charge on any atom is -0.507 e. The van der Waals surface area contributed by atoms with Crippen LogP contribution in [0.15, 0.2) is 41.1 Å². The quantitative estimate of drug-likeness (QED) is 0.370. The zero-order valence-corrected chi connectivity index (χ0v) is 23.4. The number of allylic oxidation sites excluding steroid dienone is 3. The fraction of sp³-hybridized carbons (Fsp3) is 0.452. The third kappa shape index (κ3) is 5.06. The van der Waals surface area contributed by atoms with Gasteiger partial charge in [-0.05, 0) is 70.6 Å². The average molecular weight is 550 g/mol. The first-order valence-electron chi connectivity index (χ1n) is 13.6. The SMILES string of the molecule is CC[C@H]1C=C[C@H](O)[C@H](C=C(C)C)OC(=O)[C@]2(C)CCC(=O)NC3=C2C(=O)c2c(cc(C)c(O)c2C(=O)CC1)C3=O. The first-order valence-corrected chi connectivity index (χ1v) is 13.6. The van der Waals surface area contributed by atoms with Crippen LogP contribution in [-0.2, 0) is 14.3 Å². The van der Waals surface area contributed by atoms with E-state index in [4.69, 9.17) is 4.74 Å². The maximum Gasteiger partial charge on any atom is 0.317 e. The van der Waals surface area contributed by atoms with Gasteiger partial charge in [0.1, 0.15) is 18.0 Å². The molecule has 9 heteroatoms. The van der Waals surface area contributed by atoms with Crippen molar-refractivity contribution in [2.24, 2.45) is 11.3 Å². The van der Waals surface area contributed by atoms with Gasteiger partial charge in [0.15, 0.2) is 11.6 Å². The Bertz CT molecular complexity index is 1410. The maximum absolute atomic E-state index is 14.3. The molecule has 0 aromatic heterocycles. The molecule has 1 aromatic rings. The number of rotatable bonds is 2. The standard InChI is InChI=1S/C31H35NO8/c1-6-17-7-9-19(33)21(13-15(2)3)40-30(39)31(5)12-11-22(35)32-26-25(31)29(38)23-18(28(26)37)14-16(4)27(36)24(23)20(34)10-8-17/h7,9,13-14,17,19,21,33,36H,6,8,10-12H2,1-5H3,(H,32,35)/t17-,19-,21-,31+/m0/s1. The molecular weight excluding hydrogens is 514 g/mol. The summed E-state index contributed by atoms with van der Waals surface area (Å²) in [6, 6.07) is 1.32. The number of nitrogens with one attached hydrogen (secondary N) is 1. The molecule has 2 aliphatic heterocycles. The van der Waals surface area contributed by atoms with Gasteiger partial charge in [0.2, 0.25) is 11.7 Å². The average Bonchev–Trinajstić information content (AvgIpc) is 3.03. The minimum absolute atomic E-state index is 0.0311. The zero-order chi connectivity index (χ0) is 29.5. The summed E-state index contributed by atoms with van der Waals surface area (Å²) in [6.45, 7) is 8.44. The van der Waals surface area contributed by atoms with Crippen molar-refractivity contribution in [1.29, 1.82) is 0 Å². The van der Waals surface area contributed by atoms with E-state index in [0.29, 0.717) is 12.8 Å². The third-order valence-electron chi connectivity index (χ3n) is 7.99. The fourth-order valence-corrected chi connectivity index (χ4v) is 5.56. The van der Waals surface area contributed by atoms with Crippen molar-refractivity contribution < 1.29 is 38.9 Å². The van der Waals surface area contributed by atoms with E-state index in [9.17, 15) is 34.2 Å². The van der Waals surface area contributed by atoms with E-state index in [0.717, 1.165) is 5.57 Å². The first-order chi connectivity index (χ1) is 18.8. The van der Waals surface area contributed by atoms with Crippen molar-refractivity contribution in [3.63, 3.8) is 0 Å². The summed E-state index contributed by atoms with van der Waals surface area (Å²) in [4.78, 5) is 68.2. The van der Waals surface area contributed by atoms with Crippen LogP contribution in [0.5, 0.6) is 5.75 Å². The number of aromatic hydroxyl groups is 1. The van der Waals surface area contributed by atoms with E-state index in [1.165, 1.54) is 26.0 Å². The number of ether oxygens (including phenoxy) is 1. The van der Waals surface area contributed by atoms with Crippen molar-refractivity contribution in [3.8, 4) is 5.75 Å². The number of aliphatic hydroxyl groups is 1. The summed E-state index contributed by atoms with van der Waals surface area (Å²) in [7, 11) is 0. The highest BCUT2D eigenvalue weighted by molar-refractivity contribution is 6.32. The van der Waals surface area contributed by atoms with Crippen LogP contribution < -0.4 is 5.32 Å². The molecular formula is C31H35NO8. The number of hydrogen-bond acceptors (Lipinski definition) is 8. The molecule has 2 bridgehead atoms. The monoisotopic (exact) mass is 549 g/mol. The van der Waals surface area contributed by atoms with Gasteiger partial charge in [-0.1, -0.05) is 24.6 Å². The Hall–Kier alpha value is -3.85. The van der Waals surface area contributed by atoms with E-state index in [2.05, 4.69) is 5.32 Å². The number of ketones is 3. The van der Waals surface area contributed by atoms with Crippen LogP contribution in [0.1, 0.15) is 96.4 Å². The van der Waals surface area contributed by atoms with Gasteiger partial charge in [0.25, 0.3) is 0 Å². The van der Waals surface area contributed by atoms with E-state index in [1.807, 2.05) is 6.92 Å². The van der Waals surface area contributed by atoms with Crippen LogP contribution in [0.4, 0.5) is 0 Å². The van der Waals surface area contributed by atoms with Crippen molar-refractivity contribution >= 4 is 29.2 Å². The van der Waals surface area contributed by atoms with Crippen LogP contribution in [0.25, 0.3) is 0 Å². The number of amides is 1. The fourth-order valence-electron chi connectivity index (χ4n) is 5.56. The molecule has 0 fully saturated rings. The molecule has 0 saturated carbocycles. The second kappa shape index (κ2) is 11.0. The Morgan fingerprint density at radius 1 is 1.10 bits per heavy atom. The van der Waals surface area contributed by atoms with E-state index >= 15 is 0 Å². The topological polar surface area (TPSA) is 147 Å². The number of benzene rings is 1. The first kappa shape index (κ1) is 29.1. The molecule has 40 heavy (non-hydrogen) atoms. The highest BCUT2D eigenvalue weighted by Crippen LogP contribution is 2.45. The lowest BCUT2D eigenvalue weighted by Crippen LogP contribution is -2.43. The highest BCUT2D eigenvalue weighted by atomic mass is 16.6. The molecule has 1 aliphatic carbocycles. The van der Waals surface area contributed by atoms with Crippen LogP contribution in [0.2, 0.25) is 0 Å². The number of aliphatic hydroxyl groups excluding tert-OH is 1. The Labute approximate surface area is 233 Å². The smallest absolute Gasteiger partial charge is 0.317 e. The number of esters is 1. The lowest BCUT2D eigenvalue weighted by Gasteiger charge is -2.33. The maximum atomic E-state index is 14.3. The normalized spacial score (nSPS) is 27.4. The van der Waals surface area contributed by atoms with Gasteiger partial charge in [-0.2, -0.15) is 0 Å². The molecule has 3 N–H and O–H groups in total. The number of hydrogen-bond donors (Lipinski definition) is 3. The Morgan fingerprint density at radius 3 is 2.45 bits per heavy atom. The Kier molecular flexibility index (Phi) is 7.99. The summed E-state index contributed by atoms with van der Waals surface area (Å²) >= 11 is 0. The molecule has 4 rings (SSSR count). The summed E-state index contributed by atoms with van der Waals surface area (Å²) in [5.74, 6) is -4.03. The number of cyclic esters (lactones) is 1. The number of phenolic OH excluding ortho intramolecular Hbond substituents is 1. The molecule has 0 unspecified atom stereocenters. The molecule has 0 spiro atoms. The second-order valence-corrected chi connectivity index (χ2v) is 11.2. The van der Waals surface area contributed by atoms with E-state index in [1.54, 1.807) is 26.0 Å². The number of phenols is 1. The Morgan fingerprint density at radius 2 is 1.80 bits per heavy atom. The van der Waals surface area contributed by atoms with Crippen LogP contribution in [0, 0.1) is 18.3 Å². The van der Waals surface area contributed by atoms with Crippen LogP contribution in [-0.4, -0.2) is 51.6 Å². The van der Waals surface area contributed by atoms with E-state index in [-0.39, 0.29) is 58.7 Å². The molecule has 1 amide bonds. The molecule has 1 aromatic carbocycles. The molecule has 212 valence electrons. The van der Waals surface area contributed by atoms with E-state index < -0.39 is 52.6 Å². The van der Waals surface area contributed by atoms with Crippen molar-refractivity contribution in [2.45, 2.75) is 78.9 Å². The van der Waals surface area contributed by atoms with Gasteiger partial charge in [0.05, 0.1) is 16.7 Å². The summed E-state index contributed by atoms with van der Waals surface area (Å²) < 4.78 is 5.82. The molecule has 2 heterocycles. The van der Waals surface area contributed by atoms with Crippen molar-refractivity contribution in [2.75, 3.05) is 0 Å². The van der Waals surface area contributed by atoms with Gasteiger partial charge in [0, 0.05) is 29.5 Å². The van der Waals surface area contributed by atoms with Gasteiger partial charge >= 0.3 is 5.97 Å². The number of aryl methyl sites for hydroxylation is 1. The number of Topliss-reactive ketones (excluding diaryl/α,β-unsaturated/α-hetero) is 3. The highest BCUT2D eigenvalue weighted by Gasteiger charge is 2.51. The number of carbonyl (C=O) groups excluding carboxylic acids is 5. The second-order valence-electron chi connectivity index (χ2n) is 11.2. The predicted octanol–water partition coefficient (Wildman–Crippen LogP) is 4.05. The predicted molar refractivity (Wildman–Crippen MR) is 146 cm³/mol. The van der Waals surface area contributed by atoms with Crippen LogP contribution >= 0.6 is 0 Å². The lowest BCUT2D eigenvalue weighted by molar-refractivity contribution is -0.159. The summed E-state index contributed by atoms with van der Waals surface area (Å²) in [6.07, 6.45) is 3.20. The minimum atomic E-state index is -1.77. The van der Waals surface area contributed by atoms with Gasteiger partial charge in [-0.25, -0.2) is 0 Å². The zero-order valence-electron chi connectivity index (χ0n) is 23.4. The van der Waals surface area contributed by atoms with Gasteiger partial charge in [-0.15, -0.1) is 0 Å². The largest absolute Gasteiger partial charge is 0.507 e. The summed E-state index contributed by atoms with van der Waals surface area (Å²) in [5, 5.41) is 24.5.